The van der Waals surface area contributed by atoms with Gasteiger partial charge in [-0.05, 0) is 36.8 Å². The van der Waals surface area contributed by atoms with Gasteiger partial charge in [0, 0.05) is 35.3 Å². The predicted molar refractivity (Wildman–Crippen MR) is 104 cm³/mol. The number of fused-ring (bicyclic) bond motifs is 1. The second-order valence-electron chi connectivity index (χ2n) is 8.49. The second kappa shape index (κ2) is 6.93. The molecule has 0 fully saturated rings. The summed E-state index contributed by atoms with van der Waals surface area (Å²) in [6.45, 7) is 9.10. The number of rotatable bonds is 5. The van der Waals surface area contributed by atoms with Gasteiger partial charge in [-0.3, -0.25) is 9.59 Å². The molecule has 0 unspecified atom stereocenters. The van der Waals surface area contributed by atoms with Gasteiger partial charge in [0.2, 0.25) is 5.91 Å². The van der Waals surface area contributed by atoms with Crippen LogP contribution in [0.2, 0.25) is 0 Å². The molecule has 0 bridgehead atoms. The van der Waals surface area contributed by atoms with Crippen molar-refractivity contribution in [3.05, 3.63) is 34.0 Å². The topological polar surface area (TPSA) is 85.2 Å². The zero-order valence-electron chi connectivity index (χ0n) is 16.5. The lowest BCUT2D eigenvalue weighted by Gasteiger charge is -2.30. The average molecular weight is 393 g/mol. The number of aromatic nitrogens is 1. The van der Waals surface area contributed by atoms with Crippen molar-refractivity contribution < 1.29 is 18.0 Å². The van der Waals surface area contributed by atoms with E-state index in [1.54, 1.807) is 0 Å². The Morgan fingerprint density at radius 1 is 1.33 bits per heavy atom. The molecule has 1 N–H and O–H groups in total. The third-order valence-corrected chi connectivity index (χ3v) is 6.78. The summed E-state index contributed by atoms with van der Waals surface area (Å²) in [6.07, 6.45) is 3.85. The summed E-state index contributed by atoms with van der Waals surface area (Å²) < 4.78 is 25.2. The standard InChI is InChI=1S/C20H28N2O4S/c1-5-7-22-13(2)15(19-16(22)10-20(3,4)11-17(19)23)9-18(24)21-14-6-8-27(25,26)12-14/h6,8,14H,5,7,9-12H2,1-4H3,(H,21,24)/t14-/m0/s1. The summed E-state index contributed by atoms with van der Waals surface area (Å²) in [5, 5.41) is 3.91. The summed E-state index contributed by atoms with van der Waals surface area (Å²) in [5.74, 6) is -0.246. The maximum absolute atomic E-state index is 12.9. The fourth-order valence-electron chi connectivity index (χ4n) is 4.23. The van der Waals surface area contributed by atoms with E-state index in [1.807, 2.05) is 6.92 Å². The molecule has 0 spiro atoms. The van der Waals surface area contributed by atoms with E-state index in [0.717, 1.165) is 41.7 Å². The highest BCUT2D eigenvalue weighted by atomic mass is 32.2. The third kappa shape index (κ3) is 4.03. The molecule has 0 radical (unpaired) electrons. The number of carbonyl (C=O) groups is 2. The monoisotopic (exact) mass is 392 g/mol. The van der Waals surface area contributed by atoms with Gasteiger partial charge in [-0.1, -0.05) is 20.8 Å². The molecule has 1 aliphatic heterocycles. The van der Waals surface area contributed by atoms with Crippen molar-refractivity contribution in [3.63, 3.8) is 0 Å². The van der Waals surface area contributed by atoms with Crippen LogP contribution >= 0.6 is 0 Å². The minimum Gasteiger partial charge on any atom is -0.349 e. The van der Waals surface area contributed by atoms with Gasteiger partial charge in [-0.2, -0.15) is 0 Å². The molecule has 1 aliphatic carbocycles. The van der Waals surface area contributed by atoms with Gasteiger partial charge in [-0.15, -0.1) is 0 Å². The van der Waals surface area contributed by atoms with Gasteiger partial charge >= 0.3 is 0 Å². The largest absolute Gasteiger partial charge is 0.349 e. The van der Waals surface area contributed by atoms with Crippen LogP contribution in [0.1, 0.15) is 60.9 Å². The highest BCUT2D eigenvalue weighted by Gasteiger charge is 2.37. The number of hydrogen-bond acceptors (Lipinski definition) is 4. The van der Waals surface area contributed by atoms with Crippen molar-refractivity contribution in [3.8, 4) is 0 Å². The third-order valence-electron chi connectivity index (χ3n) is 5.38. The first-order valence-corrected chi connectivity index (χ1v) is 11.2. The maximum atomic E-state index is 12.9. The maximum Gasteiger partial charge on any atom is 0.225 e. The molecular weight excluding hydrogens is 364 g/mol. The van der Waals surface area contributed by atoms with Crippen LogP contribution in [0.4, 0.5) is 0 Å². The average Bonchev–Trinajstić information content (AvgIpc) is 2.98. The molecule has 0 saturated carbocycles. The fourth-order valence-corrected chi connectivity index (χ4v) is 5.47. The van der Waals surface area contributed by atoms with Crippen LogP contribution in [0, 0.1) is 12.3 Å². The molecule has 0 aromatic carbocycles. The van der Waals surface area contributed by atoms with E-state index >= 15 is 0 Å². The minimum atomic E-state index is -3.21. The normalized spacial score (nSPS) is 22.7. The van der Waals surface area contributed by atoms with Crippen LogP contribution in [0.3, 0.4) is 0 Å². The summed E-state index contributed by atoms with van der Waals surface area (Å²) in [4.78, 5) is 25.4. The van der Waals surface area contributed by atoms with Crippen molar-refractivity contribution in [1.29, 1.82) is 0 Å². The van der Waals surface area contributed by atoms with Crippen LogP contribution in [0.5, 0.6) is 0 Å². The highest BCUT2D eigenvalue weighted by molar-refractivity contribution is 7.94. The molecule has 3 rings (SSSR count). The zero-order chi connectivity index (χ0) is 20.0. The molecule has 2 heterocycles. The Labute approximate surface area is 160 Å². The molecule has 6 nitrogen and oxygen atoms in total. The molecule has 148 valence electrons. The summed E-state index contributed by atoms with van der Waals surface area (Å²) in [7, 11) is -3.21. The lowest BCUT2D eigenvalue weighted by molar-refractivity contribution is -0.120. The number of ketones is 1. The molecule has 27 heavy (non-hydrogen) atoms. The van der Waals surface area contributed by atoms with E-state index in [4.69, 9.17) is 0 Å². The van der Waals surface area contributed by atoms with Crippen molar-refractivity contribution in [2.75, 3.05) is 5.75 Å². The van der Waals surface area contributed by atoms with Crippen molar-refractivity contribution >= 4 is 21.5 Å². The summed E-state index contributed by atoms with van der Waals surface area (Å²) >= 11 is 0. The van der Waals surface area contributed by atoms with E-state index < -0.39 is 15.9 Å². The van der Waals surface area contributed by atoms with Crippen LogP contribution < -0.4 is 5.32 Å². The lowest BCUT2D eigenvalue weighted by atomic mass is 9.75. The Bertz CT molecular complexity index is 922. The molecular formula is C20H28N2O4S. The minimum absolute atomic E-state index is 0.0805. The van der Waals surface area contributed by atoms with Gasteiger partial charge in [0.05, 0.1) is 18.2 Å². The first-order chi connectivity index (χ1) is 12.5. The lowest BCUT2D eigenvalue weighted by Crippen LogP contribution is -2.37. The summed E-state index contributed by atoms with van der Waals surface area (Å²) in [5.41, 5.74) is 3.44. The van der Waals surface area contributed by atoms with Crippen molar-refractivity contribution in [1.82, 2.24) is 9.88 Å². The predicted octanol–water partition coefficient (Wildman–Crippen LogP) is 2.33. The molecule has 1 aromatic rings. The van der Waals surface area contributed by atoms with Crippen LogP contribution in [-0.4, -0.2) is 36.5 Å². The fraction of sp³-hybridized carbons (Fsp3) is 0.600. The Kier molecular flexibility index (Phi) is 5.10. The van der Waals surface area contributed by atoms with Crippen LogP contribution in [-0.2, 0) is 34.0 Å². The molecule has 1 atom stereocenters. The Morgan fingerprint density at radius 2 is 2.04 bits per heavy atom. The van der Waals surface area contributed by atoms with Gasteiger partial charge < -0.3 is 9.88 Å². The van der Waals surface area contributed by atoms with Crippen LogP contribution in [0.15, 0.2) is 11.5 Å². The Hall–Kier alpha value is -1.89. The highest BCUT2D eigenvalue weighted by Crippen LogP contribution is 2.39. The van der Waals surface area contributed by atoms with E-state index in [-0.39, 0.29) is 29.3 Å². The van der Waals surface area contributed by atoms with Gasteiger partial charge in [0.1, 0.15) is 0 Å². The van der Waals surface area contributed by atoms with Gasteiger partial charge in [0.25, 0.3) is 0 Å². The Balaban J connectivity index is 1.89. The number of sulfone groups is 1. The van der Waals surface area contributed by atoms with Crippen molar-refractivity contribution in [2.24, 2.45) is 5.41 Å². The SMILES string of the molecule is CCCn1c(C)c(CC(=O)N[C@H]2C=CS(=O)(=O)C2)c2c1CC(C)(C)CC2=O. The number of carbonyl (C=O) groups excluding carboxylic acids is 2. The van der Waals surface area contributed by atoms with Gasteiger partial charge in [-0.25, -0.2) is 8.42 Å². The van der Waals surface area contributed by atoms with E-state index in [0.29, 0.717) is 12.0 Å². The quantitative estimate of drug-likeness (QED) is 0.833. The zero-order valence-corrected chi connectivity index (χ0v) is 17.3. The van der Waals surface area contributed by atoms with E-state index in [1.165, 1.54) is 6.08 Å². The molecule has 7 heteroatoms. The second-order valence-corrected chi connectivity index (χ2v) is 10.4. The van der Waals surface area contributed by atoms with E-state index in [9.17, 15) is 18.0 Å². The number of nitrogens with zero attached hydrogens (tertiary/aromatic N) is 1. The first kappa shape index (κ1) is 19.9. The first-order valence-electron chi connectivity index (χ1n) is 9.47. The van der Waals surface area contributed by atoms with Crippen molar-refractivity contribution in [2.45, 2.75) is 66.0 Å². The molecule has 0 saturated heterocycles. The number of Topliss-reactive ketones (excluding diaryl/α,β-unsaturated/α-hetero) is 1. The van der Waals surface area contributed by atoms with Crippen LogP contribution in [0.25, 0.3) is 0 Å². The molecule has 1 amide bonds. The van der Waals surface area contributed by atoms with E-state index in [2.05, 4.69) is 30.7 Å². The molecule has 2 aliphatic rings. The van der Waals surface area contributed by atoms with Gasteiger partial charge in [0.15, 0.2) is 15.6 Å². The Morgan fingerprint density at radius 3 is 2.63 bits per heavy atom. The number of nitrogens with one attached hydrogen (secondary N) is 1. The smallest absolute Gasteiger partial charge is 0.225 e. The summed E-state index contributed by atoms with van der Waals surface area (Å²) in [6, 6.07) is -0.494. The number of hydrogen-bond donors (Lipinski definition) is 1. The molecule has 1 aromatic heterocycles. The number of amides is 1.